The third-order valence-corrected chi connectivity index (χ3v) is 2.94. The van der Waals surface area contributed by atoms with Gasteiger partial charge >= 0.3 is 0 Å². The molecule has 3 aromatic heterocycles. The molecule has 0 unspecified atom stereocenters. The Morgan fingerprint density at radius 1 is 1.23 bits per heavy atom. The van der Waals surface area contributed by atoms with Gasteiger partial charge in [0.05, 0.1) is 12.7 Å². The molecule has 0 amide bonds. The first-order valence-corrected chi connectivity index (χ1v) is 4.47. The Morgan fingerprint density at radius 2 is 2.08 bits per heavy atom. The lowest BCUT2D eigenvalue weighted by Crippen LogP contribution is -2.03. The Hall–Kier alpha value is -1.69. The van der Waals surface area contributed by atoms with Gasteiger partial charge in [0.15, 0.2) is 0 Å². The fourth-order valence-corrected chi connectivity index (χ4v) is 2.24. The second-order valence-electron chi connectivity index (χ2n) is 2.59. The number of aromatic nitrogens is 4. The summed E-state index contributed by atoms with van der Waals surface area (Å²) < 4.78 is 0.622. The highest BCUT2D eigenvalue weighted by molar-refractivity contribution is 7.25. The third-order valence-electron chi connectivity index (χ3n) is 1.85. The van der Waals surface area contributed by atoms with Crippen LogP contribution >= 0.6 is 11.3 Å². The molecule has 13 heavy (non-hydrogen) atoms. The predicted octanol–water partition coefficient (Wildman–Crippen LogP) is 0.861. The Bertz CT molecular complexity index is 634. The zero-order valence-corrected chi connectivity index (χ0v) is 7.18. The van der Waals surface area contributed by atoms with Crippen molar-refractivity contribution in [3.63, 3.8) is 0 Å². The van der Waals surface area contributed by atoms with Gasteiger partial charge in [0, 0.05) is 0 Å². The minimum Gasteiger partial charge on any atom is -0.342 e. The van der Waals surface area contributed by atoms with Crippen molar-refractivity contribution in [2.75, 3.05) is 0 Å². The lowest BCUT2D eigenvalue weighted by molar-refractivity contribution is 1.18. The molecule has 3 aromatic rings. The molecule has 3 rings (SSSR count). The van der Waals surface area contributed by atoms with Crippen molar-refractivity contribution >= 4 is 31.9 Å². The molecule has 0 atom stereocenters. The fraction of sp³-hybridized carbons (Fsp3) is 0. The van der Waals surface area contributed by atoms with E-state index in [0.717, 1.165) is 10.3 Å². The van der Waals surface area contributed by atoms with Crippen LogP contribution in [0.4, 0.5) is 0 Å². The number of H-pyrrole nitrogens is 2. The Morgan fingerprint density at radius 3 is 3.00 bits per heavy atom. The van der Waals surface area contributed by atoms with E-state index in [9.17, 15) is 4.79 Å². The van der Waals surface area contributed by atoms with Gasteiger partial charge in [-0.15, -0.1) is 11.3 Å². The van der Waals surface area contributed by atoms with Gasteiger partial charge in [0.25, 0.3) is 5.56 Å². The molecule has 0 saturated carbocycles. The second kappa shape index (κ2) is 2.17. The largest absolute Gasteiger partial charge is 0.342 e. The smallest absolute Gasteiger partial charge is 0.268 e. The number of aromatic amines is 2. The first kappa shape index (κ1) is 6.79. The van der Waals surface area contributed by atoms with Crippen molar-refractivity contribution < 1.29 is 0 Å². The van der Waals surface area contributed by atoms with Crippen molar-refractivity contribution in [1.82, 2.24) is 19.9 Å². The Labute approximate surface area is 75.5 Å². The van der Waals surface area contributed by atoms with Crippen molar-refractivity contribution in [3.8, 4) is 0 Å². The number of nitrogens with one attached hydrogen (secondary N) is 2. The summed E-state index contributed by atoms with van der Waals surface area (Å²) in [4.78, 5) is 25.8. The van der Waals surface area contributed by atoms with Gasteiger partial charge in [0.2, 0.25) is 0 Å². The average Bonchev–Trinajstić information content (AvgIpc) is 2.65. The molecule has 3 heterocycles. The van der Waals surface area contributed by atoms with Crippen molar-refractivity contribution in [3.05, 3.63) is 23.0 Å². The van der Waals surface area contributed by atoms with Crippen LogP contribution in [-0.4, -0.2) is 19.9 Å². The van der Waals surface area contributed by atoms with E-state index in [0.29, 0.717) is 10.2 Å². The molecular formula is C7H4N4OS. The summed E-state index contributed by atoms with van der Waals surface area (Å²) in [5.74, 6) is 0. The van der Waals surface area contributed by atoms with E-state index in [4.69, 9.17) is 0 Å². The van der Waals surface area contributed by atoms with E-state index in [1.54, 1.807) is 6.33 Å². The van der Waals surface area contributed by atoms with E-state index in [1.807, 2.05) is 0 Å². The molecule has 0 spiro atoms. The molecular weight excluding hydrogens is 188 g/mol. The monoisotopic (exact) mass is 192 g/mol. The molecule has 64 valence electrons. The van der Waals surface area contributed by atoms with Gasteiger partial charge in [0.1, 0.15) is 20.6 Å². The van der Waals surface area contributed by atoms with Crippen LogP contribution in [0.15, 0.2) is 17.4 Å². The zero-order valence-electron chi connectivity index (χ0n) is 6.37. The van der Waals surface area contributed by atoms with Gasteiger partial charge in [-0.3, -0.25) is 4.79 Å². The van der Waals surface area contributed by atoms with Crippen LogP contribution in [0.1, 0.15) is 0 Å². The zero-order chi connectivity index (χ0) is 8.84. The Kier molecular flexibility index (Phi) is 1.13. The van der Waals surface area contributed by atoms with E-state index < -0.39 is 0 Å². The number of hydrogen-bond donors (Lipinski definition) is 2. The molecule has 6 heteroatoms. The molecule has 0 aliphatic heterocycles. The van der Waals surface area contributed by atoms with Crippen molar-refractivity contribution in [2.24, 2.45) is 0 Å². The van der Waals surface area contributed by atoms with Crippen LogP contribution in [-0.2, 0) is 0 Å². The number of rotatable bonds is 0. The quantitative estimate of drug-likeness (QED) is 0.554. The number of imidazole rings is 1. The molecule has 0 radical (unpaired) electrons. The van der Waals surface area contributed by atoms with Crippen LogP contribution in [0.2, 0.25) is 0 Å². The van der Waals surface area contributed by atoms with Gasteiger partial charge in [-0.2, -0.15) is 0 Å². The minimum absolute atomic E-state index is 0.110. The SMILES string of the molecule is O=c1[nH]cnc2c1sc1nc[nH]c12. The summed E-state index contributed by atoms with van der Waals surface area (Å²) in [6.45, 7) is 0. The summed E-state index contributed by atoms with van der Waals surface area (Å²) in [7, 11) is 0. The highest BCUT2D eigenvalue weighted by atomic mass is 32.1. The predicted molar refractivity (Wildman–Crippen MR) is 49.9 cm³/mol. The fourth-order valence-electron chi connectivity index (χ4n) is 1.29. The molecule has 0 aliphatic carbocycles. The second-order valence-corrected chi connectivity index (χ2v) is 3.59. The van der Waals surface area contributed by atoms with Crippen LogP contribution in [0, 0.1) is 0 Å². The van der Waals surface area contributed by atoms with Crippen LogP contribution < -0.4 is 5.56 Å². The van der Waals surface area contributed by atoms with Crippen molar-refractivity contribution in [1.29, 1.82) is 0 Å². The van der Waals surface area contributed by atoms with Crippen LogP contribution in [0.25, 0.3) is 20.6 Å². The summed E-state index contributed by atoms with van der Waals surface area (Å²) in [5.41, 5.74) is 1.42. The first-order valence-electron chi connectivity index (χ1n) is 3.65. The number of nitrogens with zero attached hydrogens (tertiary/aromatic N) is 2. The summed E-state index contributed by atoms with van der Waals surface area (Å²) in [6.07, 6.45) is 3.00. The molecule has 0 aromatic carbocycles. The minimum atomic E-state index is -0.110. The summed E-state index contributed by atoms with van der Waals surface area (Å²) in [5, 5.41) is 0. The lowest BCUT2D eigenvalue weighted by atomic mass is 10.4. The maximum absolute atomic E-state index is 11.3. The van der Waals surface area contributed by atoms with E-state index in [1.165, 1.54) is 17.7 Å². The van der Waals surface area contributed by atoms with E-state index >= 15 is 0 Å². The normalized spacial score (nSPS) is 11.4. The molecule has 0 aliphatic rings. The first-order chi connectivity index (χ1) is 6.36. The molecule has 0 saturated heterocycles. The van der Waals surface area contributed by atoms with Crippen molar-refractivity contribution in [2.45, 2.75) is 0 Å². The van der Waals surface area contributed by atoms with Gasteiger partial charge < -0.3 is 9.97 Å². The molecule has 0 fully saturated rings. The highest BCUT2D eigenvalue weighted by Gasteiger charge is 2.09. The average molecular weight is 192 g/mol. The van der Waals surface area contributed by atoms with E-state index in [2.05, 4.69) is 19.9 Å². The number of fused-ring (bicyclic) bond motifs is 3. The molecule has 5 nitrogen and oxygen atoms in total. The summed E-state index contributed by atoms with van der Waals surface area (Å²) >= 11 is 1.35. The maximum Gasteiger partial charge on any atom is 0.268 e. The third kappa shape index (κ3) is 0.775. The maximum atomic E-state index is 11.3. The van der Waals surface area contributed by atoms with Gasteiger partial charge in [-0.1, -0.05) is 0 Å². The topological polar surface area (TPSA) is 74.4 Å². The standard InChI is InChI=1S/C7H4N4OS/c12-6-5-3(8-1-10-6)4-7(13-5)11-2-9-4/h1-2H,(H,9,11)(H,8,10,12). The van der Waals surface area contributed by atoms with Gasteiger partial charge in [-0.25, -0.2) is 9.97 Å². The number of thiophene rings is 1. The van der Waals surface area contributed by atoms with Crippen LogP contribution in [0.5, 0.6) is 0 Å². The Balaban J connectivity index is 2.74. The van der Waals surface area contributed by atoms with Gasteiger partial charge in [-0.05, 0) is 0 Å². The molecule has 0 bridgehead atoms. The summed E-state index contributed by atoms with van der Waals surface area (Å²) in [6, 6.07) is 0. The number of hydrogen-bond acceptors (Lipinski definition) is 4. The molecule has 2 N–H and O–H groups in total. The highest BCUT2D eigenvalue weighted by Crippen LogP contribution is 2.26. The van der Waals surface area contributed by atoms with E-state index in [-0.39, 0.29) is 5.56 Å². The van der Waals surface area contributed by atoms with Crippen LogP contribution in [0.3, 0.4) is 0 Å². The lowest BCUT2D eigenvalue weighted by Gasteiger charge is -1.84.